The van der Waals surface area contributed by atoms with Crippen LogP contribution >= 0.6 is 11.6 Å². The first-order valence-corrected chi connectivity index (χ1v) is 11.3. The van der Waals surface area contributed by atoms with Gasteiger partial charge in [0, 0.05) is 30.7 Å². The number of hydrogen-bond acceptors (Lipinski definition) is 3. The van der Waals surface area contributed by atoms with Gasteiger partial charge >= 0.3 is 0 Å². The van der Waals surface area contributed by atoms with Gasteiger partial charge in [0.15, 0.2) is 0 Å². The van der Waals surface area contributed by atoms with Crippen molar-refractivity contribution < 1.29 is 13.2 Å². The van der Waals surface area contributed by atoms with Crippen LogP contribution in [0, 0.1) is 0 Å². The van der Waals surface area contributed by atoms with Gasteiger partial charge < -0.3 is 4.90 Å². The van der Waals surface area contributed by atoms with Gasteiger partial charge in [0.05, 0.1) is 10.6 Å². The Morgan fingerprint density at radius 2 is 1.63 bits per heavy atom. The van der Waals surface area contributed by atoms with Crippen LogP contribution in [0.1, 0.15) is 22.8 Å². The Morgan fingerprint density at radius 1 is 0.933 bits per heavy atom. The van der Waals surface area contributed by atoms with E-state index in [2.05, 4.69) is 0 Å². The number of sulfonamides is 1. The average molecular weight is 443 g/mol. The van der Waals surface area contributed by atoms with Gasteiger partial charge in [0.1, 0.15) is 0 Å². The van der Waals surface area contributed by atoms with Crippen LogP contribution in [0.15, 0.2) is 83.8 Å². The van der Waals surface area contributed by atoms with Crippen molar-refractivity contribution in [2.45, 2.75) is 18.4 Å². The molecule has 3 rings (SSSR count). The van der Waals surface area contributed by atoms with E-state index in [0.29, 0.717) is 29.4 Å². The molecular weight excluding hydrogens is 420 g/mol. The molecule has 0 bridgehead atoms. The third-order valence-corrected chi connectivity index (χ3v) is 6.81. The zero-order valence-corrected chi connectivity index (χ0v) is 18.4. The predicted molar refractivity (Wildman–Crippen MR) is 120 cm³/mol. The molecule has 7 heteroatoms. The highest BCUT2D eigenvalue weighted by Gasteiger charge is 2.23. The molecule has 0 atom stereocenters. The zero-order chi connectivity index (χ0) is 21.7. The van der Waals surface area contributed by atoms with Crippen molar-refractivity contribution in [3.05, 3.63) is 95.0 Å². The zero-order valence-electron chi connectivity index (χ0n) is 16.8. The molecule has 1 amide bonds. The van der Waals surface area contributed by atoms with E-state index in [-0.39, 0.29) is 10.8 Å². The van der Waals surface area contributed by atoms with Crippen LogP contribution in [0.25, 0.3) is 0 Å². The van der Waals surface area contributed by atoms with E-state index >= 15 is 0 Å². The second kappa shape index (κ2) is 9.32. The molecule has 0 aromatic heterocycles. The summed E-state index contributed by atoms with van der Waals surface area (Å²) in [5.41, 5.74) is 1.78. The molecule has 30 heavy (non-hydrogen) atoms. The minimum atomic E-state index is -3.85. The number of hydrogen-bond donors (Lipinski definition) is 0. The summed E-state index contributed by atoms with van der Waals surface area (Å²) in [6.45, 7) is 2.86. The molecule has 0 spiro atoms. The Morgan fingerprint density at radius 3 is 2.30 bits per heavy atom. The van der Waals surface area contributed by atoms with Gasteiger partial charge in [0.2, 0.25) is 0 Å². The maximum atomic E-state index is 13.1. The second-order valence-corrected chi connectivity index (χ2v) is 9.19. The van der Waals surface area contributed by atoms with Crippen LogP contribution < -0.4 is 4.31 Å². The Kier molecular flexibility index (Phi) is 6.80. The smallest absolute Gasteiger partial charge is 0.264 e. The fraction of sp³-hybridized carbons (Fsp3) is 0.174. The van der Waals surface area contributed by atoms with E-state index in [4.69, 9.17) is 11.6 Å². The van der Waals surface area contributed by atoms with Gasteiger partial charge in [-0.1, -0.05) is 54.1 Å². The van der Waals surface area contributed by atoms with Crippen molar-refractivity contribution in [3.8, 4) is 0 Å². The number of carbonyl (C=O) groups excluding carboxylic acids is 1. The Bertz CT molecular complexity index is 1130. The molecule has 0 saturated carbocycles. The van der Waals surface area contributed by atoms with E-state index in [9.17, 15) is 13.2 Å². The summed E-state index contributed by atoms with van der Waals surface area (Å²) >= 11 is 6.00. The monoisotopic (exact) mass is 442 g/mol. The predicted octanol–water partition coefficient (Wildman–Crippen LogP) is 4.83. The Labute approximate surface area is 182 Å². The van der Waals surface area contributed by atoms with Gasteiger partial charge in [-0.3, -0.25) is 9.10 Å². The number of amides is 1. The molecule has 0 aliphatic rings. The molecular formula is C23H23ClN2O3S. The molecule has 156 valence electrons. The van der Waals surface area contributed by atoms with Gasteiger partial charge in [0.25, 0.3) is 15.9 Å². The maximum absolute atomic E-state index is 13.1. The van der Waals surface area contributed by atoms with E-state index in [1.165, 1.54) is 19.2 Å². The van der Waals surface area contributed by atoms with Crippen molar-refractivity contribution in [2.75, 3.05) is 17.9 Å². The van der Waals surface area contributed by atoms with Crippen LogP contribution in [-0.2, 0) is 16.6 Å². The lowest BCUT2D eigenvalue weighted by Gasteiger charge is -2.22. The van der Waals surface area contributed by atoms with Crippen LogP contribution in [0.3, 0.4) is 0 Å². The van der Waals surface area contributed by atoms with E-state index in [1.807, 2.05) is 37.3 Å². The van der Waals surface area contributed by atoms with Crippen molar-refractivity contribution in [2.24, 2.45) is 0 Å². The molecule has 0 heterocycles. The fourth-order valence-corrected chi connectivity index (χ4v) is 4.49. The van der Waals surface area contributed by atoms with Crippen molar-refractivity contribution in [1.29, 1.82) is 0 Å². The lowest BCUT2D eigenvalue weighted by atomic mass is 10.1. The van der Waals surface area contributed by atoms with Gasteiger partial charge in [-0.05, 0) is 48.9 Å². The first-order chi connectivity index (χ1) is 14.3. The standard InChI is InChI=1S/C23H23ClN2O3S/c1-3-26(17-18-9-5-4-6-10-18)23(27)19-11-7-14-22(15-19)30(28,29)25(2)21-13-8-12-20(24)16-21/h4-16H,3,17H2,1-2H3. The Balaban J connectivity index is 1.88. The average Bonchev–Trinajstić information content (AvgIpc) is 2.77. The third-order valence-electron chi connectivity index (χ3n) is 4.80. The summed E-state index contributed by atoms with van der Waals surface area (Å²) in [5, 5.41) is 0.443. The van der Waals surface area contributed by atoms with Gasteiger partial charge in [-0.2, -0.15) is 0 Å². The molecule has 0 aliphatic heterocycles. The number of benzene rings is 3. The fourth-order valence-electron chi connectivity index (χ4n) is 3.07. The van der Waals surface area contributed by atoms with E-state index < -0.39 is 10.0 Å². The first-order valence-electron chi connectivity index (χ1n) is 9.50. The summed E-state index contributed by atoms with van der Waals surface area (Å²) in [6.07, 6.45) is 0. The quantitative estimate of drug-likeness (QED) is 0.526. The molecule has 3 aromatic rings. The highest BCUT2D eigenvalue weighted by molar-refractivity contribution is 7.92. The normalized spacial score (nSPS) is 11.2. The van der Waals surface area contributed by atoms with E-state index in [0.717, 1.165) is 9.87 Å². The van der Waals surface area contributed by atoms with Crippen LogP contribution in [0.5, 0.6) is 0 Å². The highest BCUT2D eigenvalue weighted by atomic mass is 35.5. The number of rotatable bonds is 7. The minimum absolute atomic E-state index is 0.0478. The number of halogens is 1. The molecule has 5 nitrogen and oxygen atoms in total. The van der Waals surface area contributed by atoms with Crippen LogP contribution in [-0.4, -0.2) is 32.8 Å². The lowest BCUT2D eigenvalue weighted by molar-refractivity contribution is 0.0752. The largest absolute Gasteiger partial charge is 0.335 e. The minimum Gasteiger partial charge on any atom is -0.335 e. The molecule has 0 radical (unpaired) electrons. The van der Waals surface area contributed by atoms with Gasteiger partial charge in [-0.15, -0.1) is 0 Å². The molecule has 0 saturated heterocycles. The number of anilines is 1. The van der Waals surface area contributed by atoms with Crippen LogP contribution in [0.4, 0.5) is 5.69 Å². The van der Waals surface area contributed by atoms with Crippen molar-refractivity contribution >= 4 is 33.2 Å². The van der Waals surface area contributed by atoms with Gasteiger partial charge in [-0.25, -0.2) is 8.42 Å². The van der Waals surface area contributed by atoms with Crippen molar-refractivity contribution in [3.63, 3.8) is 0 Å². The summed E-state index contributed by atoms with van der Waals surface area (Å²) in [6, 6.07) is 22.4. The molecule has 3 aromatic carbocycles. The number of carbonyl (C=O) groups is 1. The van der Waals surface area contributed by atoms with Crippen LogP contribution in [0.2, 0.25) is 5.02 Å². The highest BCUT2D eigenvalue weighted by Crippen LogP contribution is 2.25. The third kappa shape index (κ3) is 4.83. The summed E-state index contributed by atoms with van der Waals surface area (Å²) < 4.78 is 27.4. The maximum Gasteiger partial charge on any atom is 0.264 e. The molecule has 0 N–H and O–H groups in total. The lowest BCUT2D eigenvalue weighted by Crippen LogP contribution is -2.31. The molecule has 0 aliphatic carbocycles. The second-order valence-electron chi connectivity index (χ2n) is 6.79. The number of nitrogens with zero attached hydrogens (tertiary/aromatic N) is 2. The molecule has 0 fully saturated rings. The van der Waals surface area contributed by atoms with Crippen molar-refractivity contribution in [1.82, 2.24) is 4.90 Å². The summed E-state index contributed by atoms with van der Waals surface area (Å²) in [7, 11) is -2.39. The molecule has 0 unspecified atom stereocenters. The summed E-state index contributed by atoms with van der Waals surface area (Å²) in [5.74, 6) is -0.219. The first kappa shape index (κ1) is 21.9. The topological polar surface area (TPSA) is 57.7 Å². The summed E-state index contributed by atoms with van der Waals surface area (Å²) in [4.78, 5) is 14.8. The SMILES string of the molecule is CCN(Cc1ccccc1)C(=O)c1cccc(S(=O)(=O)N(C)c2cccc(Cl)c2)c1. The Hall–Kier alpha value is -2.83. The van der Waals surface area contributed by atoms with E-state index in [1.54, 1.807) is 41.3 Å².